The Morgan fingerprint density at radius 3 is 2.75 bits per heavy atom. The Labute approximate surface area is 94.2 Å². The molecule has 3 aliphatic rings. The minimum atomic E-state index is -0.579. The molecule has 0 radical (unpaired) electrons. The van der Waals surface area contributed by atoms with Crippen LogP contribution < -0.4 is 5.73 Å². The maximum absolute atomic E-state index is 10.2. The molecule has 0 aliphatic carbocycles. The minimum absolute atomic E-state index is 0.155. The van der Waals surface area contributed by atoms with Crippen LogP contribution in [-0.2, 0) is 14.2 Å². The number of rotatable bonds is 1. The van der Waals surface area contributed by atoms with Gasteiger partial charge in [-0.1, -0.05) is 0 Å². The highest BCUT2D eigenvalue weighted by molar-refractivity contribution is 5.00. The molecule has 6 nitrogen and oxygen atoms in total. The van der Waals surface area contributed by atoms with Crippen LogP contribution in [0.5, 0.6) is 0 Å². The third kappa shape index (κ3) is 1.66. The summed E-state index contributed by atoms with van der Waals surface area (Å²) in [6, 6.07) is -0.510. The van der Waals surface area contributed by atoms with E-state index in [-0.39, 0.29) is 24.5 Å². The normalized spacial score (nSPS) is 49.5. The Balaban J connectivity index is 1.76. The van der Waals surface area contributed by atoms with Crippen LogP contribution in [-0.4, -0.2) is 73.5 Å². The van der Waals surface area contributed by atoms with E-state index >= 15 is 0 Å². The van der Waals surface area contributed by atoms with E-state index in [1.807, 2.05) is 0 Å². The second-order valence-electron chi connectivity index (χ2n) is 4.58. The molecule has 6 heteroatoms. The molecule has 92 valence electrons. The fraction of sp³-hybridized carbons (Fsp3) is 1.00. The minimum Gasteiger partial charge on any atom is -0.390 e. The van der Waals surface area contributed by atoms with Crippen molar-refractivity contribution in [3.63, 3.8) is 0 Å². The second-order valence-corrected chi connectivity index (χ2v) is 4.58. The van der Waals surface area contributed by atoms with Gasteiger partial charge in [-0.3, -0.25) is 4.90 Å². The molecule has 3 heterocycles. The Hall–Kier alpha value is -0.240. The van der Waals surface area contributed by atoms with Crippen LogP contribution in [0.3, 0.4) is 0 Å². The fourth-order valence-electron chi connectivity index (χ4n) is 2.69. The molecule has 3 N–H and O–H groups in total. The lowest BCUT2D eigenvalue weighted by atomic mass is 9.95. The number of morpholine rings is 1. The molecule has 0 unspecified atom stereocenters. The number of hydrogen-bond acceptors (Lipinski definition) is 6. The van der Waals surface area contributed by atoms with Gasteiger partial charge in [0, 0.05) is 13.1 Å². The van der Waals surface area contributed by atoms with Gasteiger partial charge < -0.3 is 25.1 Å². The molecule has 3 saturated heterocycles. The Morgan fingerprint density at radius 1 is 1.25 bits per heavy atom. The van der Waals surface area contributed by atoms with Crippen LogP contribution in [0.1, 0.15) is 0 Å². The topological polar surface area (TPSA) is 77.2 Å². The van der Waals surface area contributed by atoms with Crippen molar-refractivity contribution in [3.8, 4) is 0 Å². The molecule has 0 aromatic rings. The predicted octanol–water partition coefficient (Wildman–Crippen LogP) is -1.87. The number of ether oxygens (including phenoxy) is 3. The highest BCUT2D eigenvalue weighted by atomic mass is 16.7. The van der Waals surface area contributed by atoms with Crippen LogP contribution in [0.2, 0.25) is 0 Å². The molecule has 3 rings (SSSR count). The van der Waals surface area contributed by atoms with E-state index in [1.54, 1.807) is 0 Å². The number of aliphatic hydroxyl groups is 1. The zero-order valence-electron chi connectivity index (χ0n) is 9.12. The summed E-state index contributed by atoms with van der Waals surface area (Å²) < 4.78 is 16.5. The third-order valence-electron chi connectivity index (χ3n) is 3.65. The number of nitrogens with zero attached hydrogens (tertiary/aromatic N) is 1. The quantitative estimate of drug-likeness (QED) is 0.549. The maximum atomic E-state index is 10.2. The highest BCUT2D eigenvalue weighted by Gasteiger charge is 2.50. The van der Waals surface area contributed by atoms with Gasteiger partial charge in [-0.15, -0.1) is 0 Å². The van der Waals surface area contributed by atoms with E-state index in [4.69, 9.17) is 19.9 Å². The summed E-state index contributed by atoms with van der Waals surface area (Å²) in [6.07, 6.45) is -1.07. The summed E-state index contributed by atoms with van der Waals surface area (Å²) in [5, 5.41) is 10.2. The van der Waals surface area contributed by atoms with Gasteiger partial charge in [-0.05, 0) is 0 Å². The zero-order chi connectivity index (χ0) is 11.1. The summed E-state index contributed by atoms with van der Waals surface area (Å²) in [5.74, 6) is 0. The van der Waals surface area contributed by atoms with Gasteiger partial charge in [-0.2, -0.15) is 0 Å². The number of aliphatic hydroxyl groups excluding tert-OH is 1. The van der Waals surface area contributed by atoms with Crippen LogP contribution in [0.4, 0.5) is 0 Å². The summed E-state index contributed by atoms with van der Waals surface area (Å²) in [6.45, 7) is 3.46. The van der Waals surface area contributed by atoms with E-state index in [0.29, 0.717) is 19.8 Å². The second kappa shape index (κ2) is 4.21. The van der Waals surface area contributed by atoms with Gasteiger partial charge in [0.15, 0.2) is 6.29 Å². The first-order chi connectivity index (χ1) is 7.77. The molecule has 2 bridgehead atoms. The molecule has 0 spiro atoms. The number of hydrogen-bond donors (Lipinski definition) is 2. The van der Waals surface area contributed by atoms with Gasteiger partial charge in [0.2, 0.25) is 0 Å². The van der Waals surface area contributed by atoms with Gasteiger partial charge in [0.25, 0.3) is 0 Å². The summed E-state index contributed by atoms with van der Waals surface area (Å²) in [4.78, 5) is 2.15. The van der Waals surface area contributed by atoms with E-state index in [9.17, 15) is 5.11 Å². The van der Waals surface area contributed by atoms with E-state index in [2.05, 4.69) is 4.90 Å². The van der Waals surface area contributed by atoms with Gasteiger partial charge in [0.1, 0.15) is 6.10 Å². The van der Waals surface area contributed by atoms with Gasteiger partial charge in [-0.25, -0.2) is 0 Å². The van der Waals surface area contributed by atoms with Crippen molar-refractivity contribution in [2.24, 2.45) is 5.73 Å². The average Bonchev–Trinajstić information content (AvgIpc) is 2.74. The Morgan fingerprint density at radius 2 is 2.00 bits per heavy atom. The van der Waals surface area contributed by atoms with E-state index in [0.717, 1.165) is 13.1 Å². The Bertz CT molecular complexity index is 259. The smallest absolute Gasteiger partial charge is 0.176 e. The molecule has 0 aromatic carbocycles. The average molecular weight is 230 g/mol. The molecule has 16 heavy (non-hydrogen) atoms. The lowest BCUT2D eigenvalue weighted by Gasteiger charge is -2.43. The first kappa shape index (κ1) is 10.9. The zero-order valence-corrected chi connectivity index (χ0v) is 9.12. The van der Waals surface area contributed by atoms with Crippen molar-refractivity contribution in [3.05, 3.63) is 0 Å². The van der Waals surface area contributed by atoms with Crippen LogP contribution in [0.15, 0.2) is 0 Å². The summed E-state index contributed by atoms with van der Waals surface area (Å²) >= 11 is 0. The third-order valence-corrected chi connectivity index (χ3v) is 3.65. The van der Waals surface area contributed by atoms with Gasteiger partial charge >= 0.3 is 0 Å². The van der Waals surface area contributed by atoms with Crippen molar-refractivity contribution in [2.45, 2.75) is 30.6 Å². The number of fused-ring (bicyclic) bond motifs is 2. The summed E-state index contributed by atoms with van der Waals surface area (Å²) in [7, 11) is 0. The summed E-state index contributed by atoms with van der Waals surface area (Å²) in [5.41, 5.74) is 5.94. The first-order valence-electron chi connectivity index (χ1n) is 5.80. The van der Waals surface area contributed by atoms with Crippen molar-refractivity contribution in [2.75, 3.05) is 32.9 Å². The lowest BCUT2D eigenvalue weighted by Crippen LogP contribution is -2.64. The monoisotopic (exact) mass is 230 g/mol. The number of nitrogens with two attached hydrogens (primary N) is 1. The molecular weight excluding hydrogens is 212 g/mol. The SMILES string of the molecule is N[C@H]1[C@H](O)[C@@H](N2CCOCC2)[C@@H]2OC[C@H]1O2. The van der Waals surface area contributed by atoms with Gasteiger partial charge in [0.05, 0.1) is 38.0 Å². The highest BCUT2D eigenvalue weighted by Crippen LogP contribution is 2.30. The predicted molar refractivity (Wildman–Crippen MR) is 54.8 cm³/mol. The molecule has 0 aromatic heterocycles. The molecular formula is C10H18N2O4. The van der Waals surface area contributed by atoms with E-state index in [1.165, 1.54) is 0 Å². The molecule has 3 fully saturated rings. The standard InChI is InChI=1S/C10H18N2O4/c11-7-6-5-15-10(16-6)8(9(7)13)12-1-3-14-4-2-12/h6-10,13H,1-5,11H2/t6-,7-,8-,9+,10-/m1/s1. The van der Waals surface area contributed by atoms with Crippen molar-refractivity contribution < 1.29 is 19.3 Å². The van der Waals surface area contributed by atoms with Crippen LogP contribution in [0, 0.1) is 0 Å². The largest absolute Gasteiger partial charge is 0.390 e. The molecule has 5 atom stereocenters. The van der Waals surface area contributed by atoms with E-state index < -0.39 is 6.10 Å². The first-order valence-corrected chi connectivity index (χ1v) is 5.80. The molecule has 3 aliphatic heterocycles. The van der Waals surface area contributed by atoms with Crippen molar-refractivity contribution >= 4 is 0 Å². The lowest BCUT2D eigenvalue weighted by molar-refractivity contribution is -0.186. The van der Waals surface area contributed by atoms with Crippen LogP contribution in [0.25, 0.3) is 0 Å². The molecule has 0 amide bonds. The fourth-order valence-corrected chi connectivity index (χ4v) is 2.69. The molecule has 0 saturated carbocycles. The van der Waals surface area contributed by atoms with Crippen molar-refractivity contribution in [1.82, 2.24) is 4.90 Å². The maximum Gasteiger partial charge on any atom is 0.176 e. The van der Waals surface area contributed by atoms with Crippen molar-refractivity contribution in [1.29, 1.82) is 0 Å². The van der Waals surface area contributed by atoms with Crippen LogP contribution >= 0.6 is 0 Å². The Kier molecular flexibility index (Phi) is 2.87.